The largest absolute Gasteiger partial charge is 0.353 e. The van der Waals surface area contributed by atoms with Gasteiger partial charge in [0.1, 0.15) is 5.82 Å². The molecular weight excluding hydrogens is 241 g/mol. The molecule has 1 aliphatic carbocycles. The number of imidazole rings is 1. The van der Waals surface area contributed by atoms with Gasteiger partial charge in [0.25, 0.3) is 0 Å². The molecule has 0 saturated heterocycles. The highest BCUT2D eigenvalue weighted by atomic mass is 19.1. The lowest BCUT2D eigenvalue weighted by atomic mass is 10.1. The molecule has 4 heteroatoms. The molecule has 1 aliphatic rings. The van der Waals surface area contributed by atoms with Crippen LogP contribution in [-0.2, 0) is 13.0 Å². The van der Waals surface area contributed by atoms with E-state index in [2.05, 4.69) is 14.9 Å². The summed E-state index contributed by atoms with van der Waals surface area (Å²) < 4.78 is 15.2. The number of anilines is 1. The molecular formula is C15H18FN3. The summed E-state index contributed by atoms with van der Waals surface area (Å²) in [5.41, 5.74) is 2.20. The van der Waals surface area contributed by atoms with Gasteiger partial charge in [0.15, 0.2) is 0 Å². The van der Waals surface area contributed by atoms with Gasteiger partial charge in [-0.15, -0.1) is 0 Å². The lowest BCUT2D eigenvalue weighted by Crippen LogP contribution is -2.10. The number of benzene rings is 1. The van der Waals surface area contributed by atoms with E-state index in [-0.39, 0.29) is 5.82 Å². The molecule has 3 rings (SSSR count). The Hall–Kier alpha value is -1.84. The molecule has 0 bridgehead atoms. The van der Waals surface area contributed by atoms with Crippen molar-refractivity contribution in [1.29, 1.82) is 0 Å². The van der Waals surface area contributed by atoms with Crippen LogP contribution in [-0.4, -0.2) is 15.6 Å². The molecule has 2 aromatic rings. The molecule has 1 N–H and O–H groups in total. The Morgan fingerprint density at radius 1 is 1.42 bits per heavy atom. The van der Waals surface area contributed by atoms with Gasteiger partial charge in [-0.3, -0.25) is 0 Å². The first-order valence-electron chi connectivity index (χ1n) is 6.75. The Morgan fingerprint density at radius 3 is 3.00 bits per heavy atom. The molecule has 0 aliphatic heterocycles. The highest BCUT2D eigenvalue weighted by Gasteiger charge is 2.22. The summed E-state index contributed by atoms with van der Waals surface area (Å²) in [6.07, 6.45) is 7.18. The van der Waals surface area contributed by atoms with E-state index < -0.39 is 0 Å². The highest BCUT2D eigenvalue weighted by Crippen LogP contribution is 2.24. The lowest BCUT2D eigenvalue weighted by molar-refractivity contribution is 0.624. The molecule has 1 fully saturated rings. The van der Waals surface area contributed by atoms with Crippen LogP contribution in [0.15, 0.2) is 30.6 Å². The predicted molar refractivity (Wildman–Crippen MR) is 73.7 cm³/mol. The van der Waals surface area contributed by atoms with Gasteiger partial charge in [0.2, 0.25) is 5.95 Å². The highest BCUT2D eigenvalue weighted by molar-refractivity contribution is 5.31. The zero-order valence-corrected chi connectivity index (χ0v) is 11.1. The van der Waals surface area contributed by atoms with E-state index in [4.69, 9.17) is 0 Å². The van der Waals surface area contributed by atoms with E-state index in [1.54, 1.807) is 6.07 Å². The number of nitrogens with zero attached hydrogens (tertiary/aromatic N) is 2. The molecule has 1 aromatic carbocycles. The molecule has 3 nitrogen and oxygen atoms in total. The Labute approximate surface area is 112 Å². The second-order valence-electron chi connectivity index (χ2n) is 5.18. The summed E-state index contributed by atoms with van der Waals surface area (Å²) in [6, 6.07) is 5.59. The standard InChI is InChI=1S/C15H18FN3/c1-11-10-13(16)3-2-12(11)6-8-19-9-7-17-15(19)18-14-4-5-14/h2-3,7,9-10,14H,4-6,8H2,1H3,(H,17,18). The van der Waals surface area contributed by atoms with Gasteiger partial charge >= 0.3 is 0 Å². The van der Waals surface area contributed by atoms with Gasteiger partial charge in [-0.2, -0.15) is 0 Å². The predicted octanol–water partition coefficient (Wildman–Crippen LogP) is 3.15. The van der Waals surface area contributed by atoms with Crippen LogP contribution in [0.1, 0.15) is 24.0 Å². The number of hydrogen-bond donors (Lipinski definition) is 1. The van der Waals surface area contributed by atoms with Crippen molar-refractivity contribution < 1.29 is 4.39 Å². The molecule has 0 atom stereocenters. The van der Waals surface area contributed by atoms with Crippen molar-refractivity contribution in [2.24, 2.45) is 0 Å². The smallest absolute Gasteiger partial charge is 0.202 e. The maximum Gasteiger partial charge on any atom is 0.202 e. The summed E-state index contributed by atoms with van der Waals surface area (Å²) in [5.74, 6) is 0.780. The van der Waals surface area contributed by atoms with E-state index in [0.717, 1.165) is 24.5 Å². The van der Waals surface area contributed by atoms with Crippen LogP contribution in [0.25, 0.3) is 0 Å². The number of aromatic nitrogens is 2. The normalized spacial score (nSPS) is 14.6. The van der Waals surface area contributed by atoms with Gasteiger partial charge < -0.3 is 9.88 Å². The van der Waals surface area contributed by atoms with Crippen LogP contribution in [0.4, 0.5) is 10.3 Å². The number of nitrogens with one attached hydrogen (secondary N) is 1. The zero-order chi connectivity index (χ0) is 13.2. The molecule has 0 radical (unpaired) electrons. The quantitative estimate of drug-likeness (QED) is 0.894. The van der Waals surface area contributed by atoms with Crippen LogP contribution in [0, 0.1) is 12.7 Å². The SMILES string of the molecule is Cc1cc(F)ccc1CCn1ccnc1NC1CC1. The third-order valence-corrected chi connectivity index (χ3v) is 3.55. The average Bonchev–Trinajstić information content (AvgIpc) is 3.07. The molecule has 0 unspecified atom stereocenters. The van der Waals surface area contributed by atoms with Gasteiger partial charge in [-0.1, -0.05) is 6.07 Å². The molecule has 1 heterocycles. The summed E-state index contributed by atoms with van der Waals surface area (Å²) in [7, 11) is 0. The van der Waals surface area contributed by atoms with Crippen LogP contribution < -0.4 is 5.32 Å². The van der Waals surface area contributed by atoms with Crippen LogP contribution in [0.3, 0.4) is 0 Å². The molecule has 1 aromatic heterocycles. The van der Waals surface area contributed by atoms with Crippen LogP contribution in [0.5, 0.6) is 0 Å². The fourth-order valence-corrected chi connectivity index (χ4v) is 2.22. The Balaban J connectivity index is 1.66. The molecule has 100 valence electrons. The van der Waals surface area contributed by atoms with Gasteiger partial charge in [-0.05, 0) is 49.4 Å². The topological polar surface area (TPSA) is 29.9 Å². The first-order valence-corrected chi connectivity index (χ1v) is 6.75. The summed E-state index contributed by atoms with van der Waals surface area (Å²) >= 11 is 0. The molecule has 0 spiro atoms. The number of aryl methyl sites for hydroxylation is 3. The second kappa shape index (κ2) is 5.03. The van der Waals surface area contributed by atoms with E-state index in [1.807, 2.05) is 25.4 Å². The van der Waals surface area contributed by atoms with Gasteiger partial charge in [-0.25, -0.2) is 9.37 Å². The minimum Gasteiger partial charge on any atom is -0.353 e. The second-order valence-corrected chi connectivity index (χ2v) is 5.18. The van der Waals surface area contributed by atoms with Crippen molar-refractivity contribution in [3.8, 4) is 0 Å². The average molecular weight is 259 g/mol. The first kappa shape index (κ1) is 12.2. The summed E-state index contributed by atoms with van der Waals surface area (Å²) in [6.45, 7) is 2.82. The minimum absolute atomic E-state index is 0.167. The fourth-order valence-electron chi connectivity index (χ4n) is 2.22. The molecule has 1 saturated carbocycles. The van der Waals surface area contributed by atoms with Crippen molar-refractivity contribution in [2.45, 2.75) is 38.8 Å². The van der Waals surface area contributed by atoms with Crippen molar-refractivity contribution in [3.63, 3.8) is 0 Å². The van der Waals surface area contributed by atoms with Gasteiger partial charge in [0, 0.05) is 25.0 Å². The summed E-state index contributed by atoms with van der Waals surface area (Å²) in [5, 5.41) is 3.42. The van der Waals surface area contributed by atoms with Gasteiger partial charge in [0.05, 0.1) is 0 Å². The van der Waals surface area contributed by atoms with Crippen molar-refractivity contribution in [2.75, 3.05) is 5.32 Å². The minimum atomic E-state index is -0.167. The maximum absolute atomic E-state index is 13.1. The molecule has 0 amide bonds. The number of hydrogen-bond acceptors (Lipinski definition) is 2. The van der Waals surface area contributed by atoms with Crippen molar-refractivity contribution in [3.05, 3.63) is 47.5 Å². The Morgan fingerprint density at radius 2 is 2.26 bits per heavy atom. The van der Waals surface area contributed by atoms with Crippen LogP contribution in [0.2, 0.25) is 0 Å². The zero-order valence-electron chi connectivity index (χ0n) is 11.1. The third kappa shape index (κ3) is 2.95. The Kier molecular flexibility index (Phi) is 3.23. The van der Waals surface area contributed by atoms with Crippen molar-refractivity contribution in [1.82, 2.24) is 9.55 Å². The van der Waals surface area contributed by atoms with E-state index in [9.17, 15) is 4.39 Å². The summed E-state index contributed by atoms with van der Waals surface area (Å²) in [4.78, 5) is 4.34. The molecule has 19 heavy (non-hydrogen) atoms. The maximum atomic E-state index is 13.1. The van der Waals surface area contributed by atoms with Crippen molar-refractivity contribution >= 4 is 5.95 Å². The third-order valence-electron chi connectivity index (χ3n) is 3.55. The van der Waals surface area contributed by atoms with E-state index in [1.165, 1.54) is 24.5 Å². The Bertz CT molecular complexity index is 573. The number of rotatable bonds is 5. The fraction of sp³-hybridized carbons (Fsp3) is 0.400. The first-order chi connectivity index (χ1) is 9.22. The number of halogens is 1. The van der Waals surface area contributed by atoms with E-state index in [0.29, 0.717) is 6.04 Å². The van der Waals surface area contributed by atoms with Crippen LogP contribution >= 0.6 is 0 Å². The monoisotopic (exact) mass is 259 g/mol. The lowest BCUT2D eigenvalue weighted by Gasteiger charge is -2.10. The van der Waals surface area contributed by atoms with E-state index >= 15 is 0 Å².